The van der Waals surface area contributed by atoms with Crippen molar-refractivity contribution in [1.82, 2.24) is 4.90 Å². The Morgan fingerprint density at radius 1 is 1.08 bits per heavy atom. The normalized spacial score (nSPS) is 15.1. The van der Waals surface area contributed by atoms with Gasteiger partial charge in [-0.3, -0.25) is 24.1 Å². The Labute approximate surface area is 147 Å². The molecule has 0 fully saturated rings. The van der Waals surface area contributed by atoms with Crippen molar-refractivity contribution in [3.05, 3.63) is 53.6 Å². The van der Waals surface area contributed by atoms with Crippen LogP contribution in [0.15, 0.2) is 42.5 Å². The van der Waals surface area contributed by atoms with E-state index >= 15 is 0 Å². The molecule has 0 spiro atoms. The predicted molar refractivity (Wildman–Crippen MR) is 91.0 cm³/mol. The van der Waals surface area contributed by atoms with E-state index in [4.69, 9.17) is 4.74 Å². The van der Waals surface area contributed by atoms with Gasteiger partial charge in [-0.05, 0) is 30.3 Å². The highest BCUT2D eigenvalue weighted by atomic mass is 16.5. The molecule has 8 heteroatoms. The minimum absolute atomic E-state index is 0.0571. The fourth-order valence-electron chi connectivity index (χ4n) is 2.89. The number of carbonyl (C=O) groups is 4. The molecule has 2 heterocycles. The lowest BCUT2D eigenvalue weighted by molar-refractivity contribution is -0.118. The van der Waals surface area contributed by atoms with Crippen molar-refractivity contribution < 1.29 is 23.9 Å². The van der Waals surface area contributed by atoms with E-state index in [1.807, 2.05) is 0 Å². The zero-order valence-electron chi connectivity index (χ0n) is 13.4. The Hall–Kier alpha value is -3.68. The van der Waals surface area contributed by atoms with Gasteiger partial charge in [-0.1, -0.05) is 12.1 Å². The molecule has 2 aliphatic heterocycles. The molecule has 4 rings (SSSR count). The summed E-state index contributed by atoms with van der Waals surface area (Å²) in [6.45, 7) is -0.454. The fraction of sp³-hybridized carbons (Fsp3) is 0.111. The average molecular weight is 351 g/mol. The first-order chi connectivity index (χ1) is 12.5. The molecule has 0 atom stereocenters. The topological polar surface area (TPSA) is 105 Å². The number of amides is 4. The van der Waals surface area contributed by atoms with Crippen LogP contribution in [-0.2, 0) is 9.59 Å². The van der Waals surface area contributed by atoms with Crippen molar-refractivity contribution in [1.29, 1.82) is 0 Å². The second kappa shape index (κ2) is 5.99. The number of rotatable bonds is 3. The lowest BCUT2D eigenvalue weighted by atomic mass is 10.1. The minimum Gasteiger partial charge on any atom is -0.482 e. The number of carbonyl (C=O) groups excluding carboxylic acids is 4. The molecule has 0 aliphatic carbocycles. The molecule has 4 amide bonds. The molecule has 26 heavy (non-hydrogen) atoms. The van der Waals surface area contributed by atoms with Crippen LogP contribution in [0.3, 0.4) is 0 Å². The maximum absolute atomic E-state index is 12.3. The van der Waals surface area contributed by atoms with Crippen LogP contribution < -0.4 is 15.4 Å². The van der Waals surface area contributed by atoms with Gasteiger partial charge in [0.15, 0.2) is 6.61 Å². The summed E-state index contributed by atoms with van der Waals surface area (Å²) in [5.74, 6) is -1.30. The number of hydrogen-bond acceptors (Lipinski definition) is 5. The molecular weight excluding hydrogens is 338 g/mol. The molecule has 2 N–H and O–H groups in total. The lowest BCUT2D eigenvalue weighted by Gasteiger charge is -2.19. The van der Waals surface area contributed by atoms with Crippen LogP contribution in [0.5, 0.6) is 5.75 Å². The van der Waals surface area contributed by atoms with Gasteiger partial charge in [-0.15, -0.1) is 0 Å². The van der Waals surface area contributed by atoms with Crippen molar-refractivity contribution in [3.8, 4) is 5.75 Å². The zero-order chi connectivity index (χ0) is 18.3. The summed E-state index contributed by atoms with van der Waals surface area (Å²) in [7, 11) is 0. The number of ether oxygens (including phenoxy) is 1. The van der Waals surface area contributed by atoms with E-state index in [9.17, 15) is 19.2 Å². The number of nitrogens with one attached hydrogen (secondary N) is 2. The Kier molecular flexibility index (Phi) is 3.65. The van der Waals surface area contributed by atoms with E-state index in [2.05, 4.69) is 10.6 Å². The van der Waals surface area contributed by atoms with Gasteiger partial charge in [0.25, 0.3) is 17.7 Å². The van der Waals surface area contributed by atoms with Gasteiger partial charge in [0.1, 0.15) is 12.3 Å². The highest BCUT2D eigenvalue weighted by Crippen LogP contribution is 2.30. The zero-order valence-corrected chi connectivity index (χ0v) is 13.4. The van der Waals surface area contributed by atoms with Crippen molar-refractivity contribution in [2.24, 2.45) is 0 Å². The third-order valence-corrected chi connectivity index (χ3v) is 4.08. The van der Waals surface area contributed by atoms with Crippen molar-refractivity contribution >= 4 is 35.0 Å². The summed E-state index contributed by atoms with van der Waals surface area (Å²) in [6, 6.07) is 11.2. The van der Waals surface area contributed by atoms with E-state index in [1.54, 1.807) is 42.5 Å². The summed E-state index contributed by atoms with van der Waals surface area (Å²) in [6.07, 6.45) is 0. The Morgan fingerprint density at radius 2 is 1.77 bits per heavy atom. The van der Waals surface area contributed by atoms with Crippen LogP contribution in [0.4, 0.5) is 11.4 Å². The largest absolute Gasteiger partial charge is 0.482 e. The highest BCUT2D eigenvalue weighted by molar-refractivity contribution is 6.22. The second-order valence-corrected chi connectivity index (χ2v) is 5.84. The number of nitrogens with zero attached hydrogens (tertiary/aromatic N) is 1. The van der Waals surface area contributed by atoms with E-state index in [0.29, 0.717) is 28.3 Å². The number of benzene rings is 2. The molecule has 0 saturated carbocycles. The summed E-state index contributed by atoms with van der Waals surface area (Å²) in [4.78, 5) is 49.1. The molecule has 2 aromatic carbocycles. The molecule has 0 saturated heterocycles. The van der Waals surface area contributed by atoms with Crippen LogP contribution in [0.25, 0.3) is 0 Å². The number of hydrogen-bond donors (Lipinski definition) is 2. The minimum atomic E-state index is -0.525. The van der Waals surface area contributed by atoms with E-state index < -0.39 is 24.3 Å². The standard InChI is InChI=1S/C18H13N3O5/c22-15(8-21-17(24)11-3-1-2-4-12(11)18(21)25)19-10-5-6-14-13(7-10)20-16(23)9-26-14/h1-7H,8-9H2,(H,19,22)(H,20,23). The number of imide groups is 1. The Balaban J connectivity index is 1.47. The Morgan fingerprint density at radius 3 is 2.46 bits per heavy atom. The lowest BCUT2D eigenvalue weighted by Crippen LogP contribution is -2.37. The molecule has 8 nitrogen and oxygen atoms in total. The average Bonchev–Trinajstić information content (AvgIpc) is 2.87. The van der Waals surface area contributed by atoms with Gasteiger partial charge in [-0.2, -0.15) is 0 Å². The maximum atomic E-state index is 12.3. The van der Waals surface area contributed by atoms with Gasteiger partial charge in [-0.25, -0.2) is 0 Å². The molecular formula is C18H13N3O5. The van der Waals surface area contributed by atoms with Gasteiger partial charge < -0.3 is 15.4 Å². The van der Waals surface area contributed by atoms with Crippen LogP contribution in [0, 0.1) is 0 Å². The quantitative estimate of drug-likeness (QED) is 0.810. The molecule has 0 aromatic heterocycles. The number of fused-ring (bicyclic) bond motifs is 2. The van der Waals surface area contributed by atoms with Gasteiger partial charge in [0, 0.05) is 5.69 Å². The SMILES string of the molecule is O=C(CN1C(=O)c2ccccc2C1=O)Nc1ccc2c(c1)NC(=O)CO2. The molecule has 2 aromatic rings. The molecule has 0 bridgehead atoms. The summed E-state index contributed by atoms with van der Waals surface area (Å²) >= 11 is 0. The first-order valence-corrected chi connectivity index (χ1v) is 7.85. The maximum Gasteiger partial charge on any atom is 0.262 e. The summed E-state index contributed by atoms with van der Waals surface area (Å²) in [5, 5.41) is 5.25. The van der Waals surface area contributed by atoms with E-state index in [0.717, 1.165) is 4.90 Å². The van der Waals surface area contributed by atoms with Gasteiger partial charge >= 0.3 is 0 Å². The fourth-order valence-corrected chi connectivity index (χ4v) is 2.89. The first-order valence-electron chi connectivity index (χ1n) is 7.85. The third kappa shape index (κ3) is 2.67. The van der Waals surface area contributed by atoms with Crippen LogP contribution in [0.2, 0.25) is 0 Å². The Bertz CT molecular complexity index is 934. The van der Waals surface area contributed by atoms with Crippen LogP contribution >= 0.6 is 0 Å². The number of anilines is 2. The monoisotopic (exact) mass is 351 g/mol. The smallest absolute Gasteiger partial charge is 0.262 e. The second-order valence-electron chi connectivity index (χ2n) is 5.84. The van der Waals surface area contributed by atoms with E-state index in [1.165, 1.54) is 0 Å². The molecule has 2 aliphatic rings. The third-order valence-electron chi connectivity index (χ3n) is 4.08. The van der Waals surface area contributed by atoms with Crippen LogP contribution in [-0.4, -0.2) is 41.7 Å². The summed E-state index contributed by atoms with van der Waals surface area (Å²) in [5.41, 5.74) is 1.44. The van der Waals surface area contributed by atoms with Gasteiger partial charge in [0.2, 0.25) is 5.91 Å². The molecule has 130 valence electrons. The van der Waals surface area contributed by atoms with Crippen LogP contribution in [0.1, 0.15) is 20.7 Å². The predicted octanol–water partition coefficient (Wildman–Crippen LogP) is 1.25. The first kappa shape index (κ1) is 15.8. The molecule has 0 radical (unpaired) electrons. The van der Waals surface area contributed by atoms with Gasteiger partial charge in [0.05, 0.1) is 16.8 Å². The van der Waals surface area contributed by atoms with Crippen molar-refractivity contribution in [3.63, 3.8) is 0 Å². The summed E-state index contributed by atoms with van der Waals surface area (Å²) < 4.78 is 5.24. The highest BCUT2D eigenvalue weighted by Gasteiger charge is 2.36. The van der Waals surface area contributed by atoms with E-state index in [-0.39, 0.29) is 12.5 Å². The van der Waals surface area contributed by atoms with Crippen molar-refractivity contribution in [2.75, 3.05) is 23.8 Å². The molecule has 0 unspecified atom stereocenters. The van der Waals surface area contributed by atoms with Crippen molar-refractivity contribution in [2.45, 2.75) is 0 Å².